The molecule has 1 heterocycles. The molecule has 1 aromatic heterocycles. The van der Waals surface area contributed by atoms with E-state index in [0.717, 1.165) is 11.3 Å². The third-order valence-electron chi connectivity index (χ3n) is 4.90. The van der Waals surface area contributed by atoms with Gasteiger partial charge in [-0.2, -0.15) is 0 Å². The number of ketones is 1. The SMILES string of the molecule is COc1ccccc1Nc1sc(C(=O)c2ccccc2Cl)c(N)c1S(=O)(=O)c1ccccc1. The van der Waals surface area contributed by atoms with Crippen LogP contribution in [0.4, 0.5) is 16.4 Å². The fourth-order valence-electron chi connectivity index (χ4n) is 3.30. The Morgan fingerprint density at radius 1 is 0.970 bits per heavy atom. The second-order valence-electron chi connectivity index (χ2n) is 6.95. The van der Waals surface area contributed by atoms with E-state index in [-0.39, 0.29) is 35.9 Å². The second-order valence-corrected chi connectivity index (χ2v) is 10.3. The highest BCUT2D eigenvalue weighted by Gasteiger charge is 2.32. The number of hydrogen-bond donors (Lipinski definition) is 2. The number of hydrogen-bond acceptors (Lipinski definition) is 7. The molecule has 6 nitrogen and oxygen atoms in total. The fraction of sp³-hybridized carbons (Fsp3) is 0.0417. The first-order valence-corrected chi connectivity index (χ1v) is 12.4. The van der Waals surface area contributed by atoms with Crippen molar-refractivity contribution >= 4 is 54.9 Å². The molecule has 0 aliphatic rings. The van der Waals surface area contributed by atoms with E-state index in [4.69, 9.17) is 22.1 Å². The van der Waals surface area contributed by atoms with Gasteiger partial charge in [0.05, 0.1) is 28.4 Å². The van der Waals surface area contributed by atoms with E-state index in [2.05, 4.69) is 5.32 Å². The molecule has 0 saturated heterocycles. The van der Waals surface area contributed by atoms with Gasteiger partial charge in [0.1, 0.15) is 20.5 Å². The molecule has 33 heavy (non-hydrogen) atoms. The number of methoxy groups -OCH3 is 1. The maximum absolute atomic E-state index is 13.6. The molecule has 0 atom stereocenters. The first-order valence-electron chi connectivity index (χ1n) is 9.76. The lowest BCUT2D eigenvalue weighted by molar-refractivity contribution is 0.104. The van der Waals surface area contributed by atoms with Crippen molar-refractivity contribution in [1.82, 2.24) is 0 Å². The predicted octanol–water partition coefficient (Wildman–Crippen LogP) is 5.80. The Hall–Kier alpha value is -3.33. The number of carbonyl (C=O) groups excluding carboxylic acids is 1. The van der Waals surface area contributed by atoms with Crippen LogP contribution >= 0.6 is 22.9 Å². The van der Waals surface area contributed by atoms with Crippen LogP contribution in [0.25, 0.3) is 0 Å². The van der Waals surface area contributed by atoms with E-state index in [1.807, 2.05) is 0 Å². The van der Waals surface area contributed by atoms with Crippen LogP contribution in [0.5, 0.6) is 5.75 Å². The number of ether oxygens (including phenoxy) is 1. The number of para-hydroxylation sites is 2. The Morgan fingerprint density at radius 2 is 1.61 bits per heavy atom. The summed E-state index contributed by atoms with van der Waals surface area (Å²) < 4.78 is 32.5. The summed E-state index contributed by atoms with van der Waals surface area (Å²) in [5.74, 6) is 0.0483. The number of thiophene rings is 1. The number of benzene rings is 3. The highest BCUT2D eigenvalue weighted by Crippen LogP contribution is 2.45. The van der Waals surface area contributed by atoms with Crippen molar-refractivity contribution in [3.8, 4) is 5.75 Å². The Labute approximate surface area is 200 Å². The zero-order valence-corrected chi connectivity index (χ0v) is 19.8. The van der Waals surface area contributed by atoms with Crippen LogP contribution in [0.2, 0.25) is 5.02 Å². The topological polar surface area (TPSA) is 98.5 Å². The zero-order chi connectivity index (χ0) is 23.6. The molecule has 0 spiro atoms. The summed E-state index contributed by atoms with van der Waals surface area (Å²) in [6.07, 6.45) is 0. The maximum atomic E-state index is 13.6. The molecule has 0 bridgehead atoms. The first kappa shape index (κ1) is 22.8. The minimum absolute atomic E-state index is 0.0642. The van der Waals surface area contributed by atoms with E-state index >= 15 is 0 Å². The van der Waals surface area contributed by atoms with Crippen molar-refractivity contribution in [2.75, 3.05) is 18.2 Å². The van der Waals surface area contributed by atoms with E-state index < -0.39 is 15.6 Å². The Morgan fingerprint density at radius 3 is 2.30 bits per heavy atom. The van der Waals surface area contributed by atoms with Crippen LogP contribution in [-0.2, 0) is 9.84 Å². The Bertz CT molecular complexity index is 1430. The van der Waals surface area contributed by atoms with Crippen LogP contribution in [0.15, 0.2) is 88.7 Å². The van der Waals surface area contributed by atoms with E-state index in [1.54, 1.807) is 66.7 Å². The Balaban J connectivity index is 1.92. The molecule has 0 aliphatic carbocycles. The number of anilines is 3. The van der Waals surface area contributed by atoms with Gasteiger partial charge in [-0.15, -0.1) is 11.3 Å². The van der Waals surface area contributed by atoms with Gasteiger partial charge in [-0.25, -0.2) is 8.42 Å². The van der Waals surface area contributed by atoms with Crippen LogP contribution in [0.3, 0.4) is 0 Å². The molecule has 9 heteroatoms. The monoisotopic (exact) mass is 498 g/mol. The van der Waals surface area contributed by atoms with E-state index in [1.165, 1.54) is 19.2 Å². The smallest absolute Gasteiger partial charge is 0.211 e. The summed E-state index contributed by atoms with van der Waals surface area (Å²) >= 11 is 7.17. The fourth-order valence-corrected chi connectivity index (χ4v) is 6.46. The summed E-state index contributed by atoms with van der Waals surface area (Å²) in [5.41, 5.74) is 6.97. The lowest BCUT2D eigenvalue weighted by atomic mass is 10.1. The summed E-state index contributed by atoms with van der Waals surface area (Å²) in [6.45, 7) is 0. The number of nitrogen functional groups attached to an aromatic ring is 1. The number of carbonyl (C=O) groups is 1. The highest BCUT2D eigenvalue weighted by molar-refractivity contribution is 7.92. The molecule has 0 saturated carbocycles. The number of nitrogens with two attached hydrogens (primary N) is 1. The van der Waals surface area contributed by atoms with Crippen molar-refractivity contribution in [2.45, 2.75) is 9.79 Å². The van der Waals surface area contributed by atoms with Crippen molar-refractivity contribution < 1.29 is 17.9 Å². The lowest BCUT2D eigenvalue weighted by Gasteiger charge is -2.12. The normalized spacial score (nSPS) is 11.2. The number of nitrogens with one attached hydrogen (secondary N) is 1. The summed E-state index contributed by atoms with van der Waals surface area (Å²) in [7, 11) is -2.54. The number of rotatable bonds is 7. The van der Waals surface area contributed by atoms with Gasteiger partial charge in [0, 0.05) is 5.56 Å². The van der Waals surface area contributed by atoms with Gasteiger partial charge < -0.3 is 15.8 Å². The molecule has 4 aromatic rings. The second kappa shape index (κ2) is 9.27. The third-order valence-corrected chi connectivity index (χ3v) is 8.33. The molecule has 0 aliphatic heterocycles. The summed E-state index contributed by atoms with van der Waals surface area (Å²) in [5, 5.41) is 3.56. The molecule has 0 amide bonds. The first-order chi connectivity index (χ1) is 15.8. The molecule has 0 fully saturated rings. The molecule has 3 aromatic carbocycles. The zero-order valence-electron chi connectivity index (χ0n) is 17.4. The van der Waals surface area contributed by atoms with Gasteiger partial charge in [-0.3, -0.25) is 4.79 Å². The largest absolute Gasteiger partial charge is 0.495 e. The van der Waals surface area contributed by atoms with E-state index in [9.17, 15) is 13.2 Å². The standard InChI is InChI=1S/C24H19ClN2O4S2/c1-31-19-14-8-7-13-18(19)27-24-23(33(29,30)15-9-3-2-4-10-15)20(26)22(32-24)21(28)16-11-5-6-12-17(16)25/h2-14,27H,26H2,1H3. The third kappa shape index (κ3) is 4.32. The number of sulfone groups is 1. The molecular weight excluding hydrogens is 480 g/mol. The van der Waals surface area contributed by atoms with Crippen molar-refractivity contribution in [3.05, 3.63) is 94.3 Å². The summed E-state index contributed by atoms with van der Waals surface area (Å²) in [4.78, 5) is 13.3. The Kier molecular flexibility index (Phi) is 6.42. The molecule has 0 radical (unpaired) electrons. The van der Waals surface area contributed by atoms with Gasteiger partial charge in [0.15, 0.2) is 0 Å². The maximum Gasteiger partial charge on any atom is 0.211 e. The molecule has 168 valence electrons. The molecule has 4 rings (SSSR count). The van der Waals surface area contributed by atoms with Gasteiger partial charge in [0.25, 0.3) is 0 Å². The van der Waals surface area contributed by atoms with Crippen molar-refractivity contribution in [1.29, 1.82) is 0 Å². The van der Waals surface area contributed by atoms with Gasteiger partial charge in [0.2, 0.25) is 15.6 Å². The van der Waals surface area contributed by atoms with Crippen LogP contribution in [-0.4, -0.2) is 21.3 Å². The average molecular weight is 499 g/mol. The van der Waals surface area contributed by atoms with Gasteiger partial charge in [-0.1, -0.05) is 54.1 Å². The highest BCUT2D eigenvalue weighted by atomic mass is 35.5. The molecule has 0 unspecified atom stereocenters. The molecule has 3 N–H and O–H groups in total. The van der Waals surface area contributed by atoms with Crippen molar-refractivity contribution in [3.63, 3.8) is 0 Å². The molecular formula is C24H19ClN2O4S2. The lowest BCUT2D eigenvalue weighted by Crippen LogP contribution is -2.08. The quantitative estimate of drug-likeness (QED) is 0.312. The average Bonchev–Trinajstić information content (AvgIpc) is 3.16. The summed E-state index contributed by atoms with van der Waals surface area (Å²) in [6, 6.07) is 21.5. The van der Waals surface area contributed by atoms with E-state index in [0.29, 0.717) is 11.4 Å². The minimum atomic E-state index is -4.05. The van der Waals surface area contributed by atoms with Crippen LogP contribution in [0.1, 0.15) is 15.2 Å². The number of halogens is 1. The van der Waals surface area contributed by atoms with Crippen molar-refractivity contribution in [2.24, 2.45) is 0 Å². The van der Waals surface area contributed by atoms with Crippen LogP contribution in [0, 0.1) is 0 Å². The van der Waals surface area contributed by atoms with Gasteiger partial charge in [-0.05, 0) is 36.4 Å². The minimum Gasteiger partial charge on any atom is -0.495 e. The van der Waals surface area contributed by atoms with Gasteiger partial charge >= 0.3 is 0 Å². The van der Waals surface area contributed by atoms with Crippen LogP contribution < -0.4 is 15.8 Å². The predicted molar refractivity (Wildman–Crippen MR) is 132 cm³/mol.